The highest BCUT2D eigenvalue weighted by Gasteiger charge is 2.05. The summed E-state index contributed by atoms with van der Waals surface area (Å²) in [5, 5.41) is 0. The Labute approximate surface area is 132 Å². The molecule has 0 aliphatic carbocycles. The second-order valence-corrected chi connectivity index (χ2v) is 6.35. The summed E-state index contributed by atoms with van der Waals surface area (Å²) in [5.41, 5.74) is 8.01. The molecule has 0 aromatic heterocycles. The first-order valence-corrected chi connectivity index (χ1v) is 8.51. The molecule has 2 aromatic carbocycles. The van der Waals surface area contributed by atoms with Crippen LogP contribution >= 0.6 is 11.8 Å². The number of nitrogens with two attached hydrogens (primary N) is 1. The van der Waals surface area contributed by atoms with Gasteiger partial charge >= 0.3 is 0 Å². The minimum atomic E-state index is 0.850. The quantitative estimate of drug-likeness (QED) is 0.583. The molecular weight excluding hydrogens is 276 g/mol. The van der Waals surface area contributed by atoms with E-state index in [-0.39, 0.29) is 0 Å². The van der Waals surface area contributed by atoms with E-state index in [1.54, 1.807) is 0 Å². The molecule has 2 nitrogen and oxygen atoms in total. The number of rotatable bonds is 8. The Balaban J connectivity index is 1.84. The zero-order valence-electron chi connectivity index (χ0n) is 12.7. The van der Waals surface area contributed by atoms with Crippen molar-refractivity contribution in [1.29, 1.82) is 0 Å². The first kappa shape index (κ1) is 15.9. The zero-order valence-corrected chi connectivity index (χ0v) is 13.5. The van der Waals surface area contributed by atoms with Gasteiger partial charge in [-0.3, -0.25) is 4.90 Å². The Morgan fingerprint density at radius 1 is 1.00 bits per heavy atom. The van der Waals surface area contributed by atoms with E-state index in [0.29, 0.717) is 0 Å². The molecule has 0 saturated heterocycles. The fourth-order valence-corrected chi connectivity index (χ4v) is 3.28. The molecule has 0 amide bonds. The maximum atomic E-state index is 5.86. The van der Waals surface area contributed by atoms with Crippen LogP contribution in [0.3, 0.4) is 0 Å². The third-order valence-corrected chi connectivity index (χ3v) is 4.31. The van der Waals surface area contributed by atoms with Gasteiger partial charge in [-0.15, -0.1) is 11.8 Å². The fourth-order valence-electron chi connectivity index (χ4n) is 2.35. The molecule has 0 fully saturated rings. The Morgan fingerprint density at radius 3 is 2.52 bits per heavy atom. The van der Waals surface area contributed by atoms with E-state index in [1.807, 2.05) is 23.9 Å². The second kappa shape index (κ2) is 8.75. The van der Waals surface area contributed by atoms with Crippen LogP contribution in [0.1, 0.15) is 18.9 Å². The number of benzene rings is 2. The van der Waals surface area contributed by atoms with Crippen LogP contribution in [-0.2, 0) is 6.54 Å². The van der Waals surface area contributed by atoms with Crippen LogP contribution in [0.4, 0.5) is 5.69 Å². The summed E-state index contributed by atoms with van der Waals surface area (Å²) in [7, 11) is 0. The molecule has 0 radical (unpaired) electrons. The van der Waals surface area contributed by atoms with Crippen molar-refractivity contribution >= 4 is 17.4 Å². The van der Waals surface area contributed by atoms with Gasteiger partial charge in [0.05, 0.1) is 0 Å². The monoisotopic (exact) mass is 300 g/mol. The first-order chi connectivity index (χ1) is 10.3. The standard InChI is InChI=1S/C18H24N2S/c1-2-11-20(15-16-7-6-8-17(19)14-16)12-13-21-18-9-4-3-5-10-18/h3-10,14H,2,11-13,15,19H2,1H3. The Morgan fingerprint density at radius 2 is 1.81 bits per heavy atom. The highest BCUT2D eigenvalue weighted by Crippen LogP contribution is 2.17. The van der Waals surface area contributed by atoms with E-state index in [4.69, 9.17) is 5.73 Å². The van der Waals surface area contributed by atoms with Crippen molar-refractivity contribution in [2.45, 2.75) is 24.8 Å². The highest BCUT2D eigenvalue weighted by molar-refractivity contribution is 7.99. The van der Waals surface area contributed by atoms with Crippen LogP contribution in [0, 0.1) is 0 Å². The third-order valence-electron chi connectivity index (χ3n) is 3.32. The molecule has 3 heteroatoms. The van der Waals surface area contributed by atoms with Crippen molar-refractivity contribution in [1.82, 2.24) is 4.90 Å². The van der Waals surface area contributed by atoms with Gasteiger partial charge in [0.15, 0.2) is 0 Å². The predicted octanol–water partition coefficient (Wildman–Crippen LogP) is 4.27. The zero-order chi connectivity index (χ0) is 14.9. The Hall–Kier alpha value is -1.45. The smallest absolute Gasteiger partial charge is 0.0317 e. The largest absolute Gasteiger partial charge is 0.399 e. The van der Waals surface area contributed by atoms with Crippen molar-refractivity contribution in [3.05, 3.63) is 60.2 Å². The van der Waals surface area contributed by atoms with Gasteiger partial charge in [-0.2, -0.15) is 0 Å². The van der Waals surface area contributed by atoms with Crippen LogP contribution < -0.4 is 5.73 Å². The number of hydrogen-bond acceptors (Lipinski definition) is 3. The summed E-state index contributed by atoms with van der Waals surface area (Å²) >= 11 is 1.92. The van der Waals surface area contributed by atoms with E-state index in [2.05, 4.69) is 54.3 Å². The molecule has 112 valence electrons. The van der Waals surface area contributed by atoms with Gasteiger partial charge in [0.2, 0.25) is 0 Å². The normalized spacial score (nSPS) is 11.0. The molecule has 0 spiro atoms. The summed E-state index contributed by atoms with van der Waals surface area (Å²) in [4.78, 5) is 3.85. The van der Waals surface area contributed by atoms with Gasteiger partial charge in [-0.1, -0.05) is 37.3 Å². The number of thioether (sulfide) groups is 1. The van der Waals surface area contributed by atoms with E-state index in [9.17, 15) is 0 Å². The van der Waals surface area contributed by atoms with Crippen molar-refractivity contribution in [2.24, 2.45) is 0 Å². The third kappa shape index (κ3) is 5.82. The Kier molecular flexibility index (Phi) is 6.64. The van der Waals surface area contributed by atoms with Gasteiger partial charge < -0.3 is 5.73 Å². The molecule has 0 aliphatic rings. The number of hydrogen-bond donors (Lipinski definition) is 1. The fraction of sp³-hybridized carbons (Fsp3) is 0.333. The van der Waals surface area contributed by atoms with Gasteiger partial charge in [0, 0.05) is 29.4 Å². The average Bonchev–Trinajstić information content (AvgIpc) is 2.48. The van der Waals surface area contributed by atoms with Crippen molar-refractivity contribution in [3.63, 3.8) is 0 Å². The molecule has 2 N–H and O–H groups in total. The minimum Gasteiger partial charge on any atom is -0.399 e. The van der Waals surface area contributed by atoms with Gasteiger partial charge in [-0.25, -0.2) is 0 Å². The average molecular weight is 300 g/mol. The van der Waals surface area contributed by atoms with Crippen molar-refractivity contribution in [2.75, 3.05) is 24.6 Å². The molecule has 0 bridgehead atoms. The SMILES string of the molecule is CCCN(CCSc1ccccc1)Cc1cccc(N)c1. The van der Waals surface area contributed by atoms with E-state index in [1.165, 1.54) is 16.9 Å². The summed E-state index contributed by atoms with van der Waals surface area (Å²) < 4.78 is 0. The maximum Gasteiger partial charge on any atom is 0.0317 e. The summed E-state index contributed by atoms with van der Waals surface area (Å²) in [6.07, 6.45) is 1.18. The summed E-state index contributed by atoms with van der Waals surface area (Å²) in [5.74, 6) is 1.12. The van der Waals surface area contributed by atoms with Crippen LogP contribution in [0.25, 0.3) is 0 Å². The predicted molar refractivity (Wildman–Crippen MR) is 93.6 cm³/mol. The lowest BCUT2D eigenvalue weighted by Crippen LogP contribution is -2.26. The molecule has 0 heterocycles. The molecule has 0 saturated carbocycles. The lowest BCUT2D eigenvalue weighted by atomic mass is 10.2. The first-order valence-electron chi connectivity index (χ1n) is 7.52. The summed E-state index contributed by atoms with van der Waals surface area (Å²) in [6.45, 7) is 5.44. The van der Waals surface area contributed by atoms with E-state index >= 15 is 0 Å². The highest BCUT2D eigenvalue weighted by atomic mass is 32.2. The number of anilines is 1. The maximum absolute atomic E-state index is 5.86. The lowest BCUT2D eigenvalue weighted by Gasteiger charge is -2.21. The molecule has 21 heavy (non-hydrogen) atoms. The van der Waals surface area contributed by atoms with Crippen molar-refractivity contribution in [3.8, 4) is 0 Å². The lowest BCUT2D eigenvalue weighted by molar-refractivity contribution is 0.283. The van der Waals surface area contributed by atoms with Crippen LogP contribution in [0.15, 0.2) is 59.5 Å². The molecule has 0 atom stereocenters. The molecule has 2 aromatic rings. The van der Waals surface area contributed by atoms with E-state index in [0.717, 1.165) is 31.1 Å². The van der Waals surface area contributed by atoms with Crippen LogP contribution in [0.2, 0.25) is 0 Å². The van der Waals surface area contributed by atoms with Crippen molar-refractivity contribution < 1.29 is 0 Å². The number of nitrogens with zero attached hydrogens (tertiary/aromatic N) is 1. The second-order valence-electron chi connectivity index (χ2n) is 5.18. The van der Waals surface area contributed by atoms with E-state index < -0.39 is 0 Å². The minimum absolute atomic E-state index is 0.850. The Bertz CT molecular complexity index is 528. The number of nitrogen functional groups attached to an aromatic ring is 1. The molecular formula is C18H24N2S. The summed E-state index contributed by atoms with van der Waals surface area (Å²) in [6, 6.07) is 18.8. The molecule has 0 aliphatic heterocycles. The van der Waals surface area contributed by atoms with Crippen LogP contribution in [0.5, 0.6) is 0 Å². The molecule has 2 rings (SSSR count). The molecule has 0 unspecified atom stereocenters. The van der Waals surface area contributed by atoms with Gasteiger partial charge in [0.1, 0.15) is 0 Å². The van der Waals surface area contributed by atoms with Gasteiger partial charge in [0.25, 0.3) is 0 Å². The van der Waals surface area contributed by atoms with Gasteiger partial charge in [-0.05, 0) is 42.8 Å². The topological polar surface area (TPSA) is 29.3 Å². The van der Waals surface area contributed by atoms with Crippen LogP contribution in [-0.4, -0.2) is 23.7 Å².